The predicted octanol–water partition coefficient (Wildman–Crippen LogP) is 4.83. The van der Waals surface area contributed by atoms with Crippen LogP contribution in [-0.4, -0.2) is 6.26 Å². The van der Waals surface area contributed by atoms with Crippen LogP contribution in [-0.2, 0) is 5.33 Å². The molecule has 0 bridgehead atoms. The van der Waals surface area contributed by atoms with E-state index in [1.54, 1.807) is 0 Å². The summed E-state index contributed by atoms with van der Waals surface area (Å²) in [6.45, 7) is 2.14. The fourth-order valence-corrected chi connectivity index (χ4v) is 4.54. The molecule has 1 heterocycles. The van der Waals surface area contributed by atoms with Crippen LogP contribution in [0, 0.1) is 6.92 Å². The van der Waals surface area contributed by atoms with Gasteiger partial charge in [-0.2, -0.15) is 0 Å². The predicted molar refractivity (Wildman–Crippen MR) is 71.0 cm³/mol. The Morgan fingerprint density at radius 3 is 2.86 bits per heavy atom. The summed E-state index contributed by atoms with van der Waals surface area (Å²) in [7, 11) is 0. The second-order valence-electron chi connectivity index (χ2n) is 3.19. The van der Waals surface area contributed by atoms with Crippen molar-refractivity contribution in [2.45, 2.75) is 17.1 Å². The van der Waals surface area contributed by atoms with E-state index in [1.807, 2.05) is 23.1 Å². The van der Waals surface area contributed by atoms with Crippen molar-refractivity contribution in [1.82, 2.24) is 0 Å². The zero-order valence-corrected chi connectivity index (χ0v) is 11.4. The van der Waals surface area contributed by atoms with Gasteiger partial charge in [0.05, 0.1) is 0 Å². The second-order valence-corrected chi connectivity index (χ2v) is 5.71. The van der Waals surface area contributed by atoms with Crippen LogP contribution in [0.2, 0.25) is 0 Å². The molecule has 0 nitrogen and oxygen atoms in total. The molecule has 0 fully saturated rings. The van der Waals surface area contributed by atoms with Crippen LogP contribution in [0.4, 0.5) is 0 Å². The molecule has 0 saturated heterocycles. The van der Waals surface area contributed by atoms with E-state index < -0.39 is 0 Å². The van der Waals surface area contributed by atoms with Crippen LogP contribution in [0.25, 0.3) is 10.1 Å². The highest BCUT2D eigenvalue weighted by Gasteiger charge is 2.09. The molecule has 0 atom stereocenters. The van der Waals surface area contributed by atoms with Crippen LogP contribution in [0.15, 0.2) is 23.1 Å². The lowest BCUT2D eigenvalue weighted by Gasteiger charge is -1.96. The minimum atomic E-state index is 0.960. The Balaban J connectivity index is 2.73. The Hall–Kier alpha value is 0.01000. The van der Waals surface area contributed by atoms with Gasteiger partial charge in [0.25, 0.3) is 0 Å². The van der Waals surface area contributed by atoms with Crippen molar-refractivity contribution in [2.24, 2.45) is 0 Å². The third-order valence-corrected chi connectivity index (χ3v) is 5.28. The van der Waals surface area contributed by atoms with Crippen molar-refractivity contribution in [1.29, 1.82) is 0 Å². The monoisotopic (exact) mass is 286 g/mol. The highest BCUT2D eigenvalue weighted by atomic mass is 79.9. The SMILES string of the molecule is CSc1c(CBr)sc2cc(C)ccc12. The Morgan fingerprint density at radius 2 is 2.21 bits per heavy atom. The minimum absolute atomic E-state index is 0.960. The molecular weight excluding hydrogens is 276 g/mol. The summed E-state index contributed by atoms with van der Waals surface area (Å²) in [6.07, 6.45) is 2.15. The maximum Gasteiger partial charge on any atom is 0.0389 e. The molecule has 2 aromatic rings. The molecule has 1 aromatic carbocycles. The number of fused-ring (bicyclic) bond motifs is 1. The van der Waals surface area contributed by atoms with Crippen LogP contribution >= 0.6 is 39.0 Å². The Bertz CT molecular complexity index is 460. The molecule has 14 heavy (non-hydrogen) atoms. The van der Waals surface area contributed by atoms with Gasteiger partial charge in [-0.05, 0) is 24.8 Å². The molecule has 2 rings (SSSR count). The fraction of sp³-hybridized carbons (Fsp3) is 0.273. The van der Waals surface area contributed by atoms with E-state index in [-0.39, 0.29) is 0 Å². The highest BCUT2D eigenvalue weighted by molar-refractivity contribution is 9.08. The molecule has 0 unspecified atom stereocenters. The third kappa shape index (κ3) is 1.73. The van der Waals surface area contributed by atoms with Crippen molar-refractivity contribution in [3.05, 3.63) is 28.6 Å². The number of hydrogen-bond acceptors (Lipinski definition) is 2. The Kier molecular flexibility index (Phi) is 3.20. The van der Waals surface area contributed by atoms with Gasteiger partial charge in [0, 0.05) is 25.2 Å². The van der Waals surface area contributed by atoms with Gasteiger partial charge in [-0.1, -0.05) is 28.1 Å². The topological polar surface area (TPSA) is 0 Å². The van der Waals surface area contributed by atoms with E-state index in [2.05, 4.69) is 47.3 Å². The van der Waals surface area contributed by atoms with Gasteiger partial charge in [-0.25, -0.2) is 0 Å². The van der Waals surface area contributed by atoms with E-state index in [0.717, 1.165) is 5.33 Å². The second kappa shape index (κ2) is 4.25. The molecule has 0 spiro atoms. The van der Waals surface area contributed by atoms with Gasteiger partial charge >= 0.3 is 0 Å². The molecule has 0 aliphatic carbocycles. The third-order valence-electron chi connectivity index (χ3n) is 2.19. The summed E-state index contributed by atoms with van der Waals surface area (Å²) in [4.78, 5) is 2.87. The minimum Gasteiger partial charge on any atom is -0.138 e. The Labute approximate surface area is 101 Å². The molecule has 0 N–H and O–H groups in total. The lowest BCUT2D eigenvalue weighted by molar-refractivity contribution is 1.43. The lowest BCUT2D eigenvalue weighted by atomic mass is 10.2. The van der Waals surface area contributed by atoms with Gasteiger partial charge in [0.1, 0.15) is 0 Å². The van der Waals surface area contributed by atoms with Crippen molar-refractivity contribution in [3.63, 3.8) is 0 Å². The van der Waals surface area contributed by atoms with E-state index >= 15 is 0 Å². The summed E-state index contributed by atoms with van der Waals surface area (Å²) in [6, 6.07) is 6.69. The number of benzene rings is 1. The summed E-state index contributed by atoms with van der Waals surface area (Å²) in [5, 5.41) is 2.37. The number of aryl methyl sites for hydroxylation is 1. The normalized spacial score (nSPS) is 11.1. The van der Waals surface area contributed by atoms with Gasteiger partial charge in [-0.3, -0.25) is 0 Å². The van der Waals surface area contributed by atoms with Gasteiger partial charge in [0.15, 0.2) is 0 Å². The summed E-state index contributed by atoms with van der Waals surface area (Å²) in [5.41, 5.74) is 1.34. The van der Waals surface area contributed by atoms with Crippen molar-refractivity contribution < 1.29 is 0 Å². The van der Waals surface area contributed by atoms with Gasteiger partial charge < -0.3 is 0 Å². The van der Waals surface area contributed by atoms with Crippen LogP contribution < -0.4 is 0 Å². The molecule has 0 saturated carbocycles. The van der Waals surface area contributed by atoms with Crippen LogP contribution in [0.1, 0.15) is 10.4 Å². The van der Waals surface area contributed by atoms with E-state index in [9.17, 15) is 0 Å². The Morgan fingerprint density at radius 1 is 1.43 bits per heavy atom. The first-order chi connectivity index (χ1) is 6.76. The molecule has 0 aliphatic heterocycles. The number of thiophene rings is 1. The first-order valence-corrected chi connectivity index (χ1v) is 7.54. The fourth-order valence-electron chi connectivity index (χ4n) is 1.54. The largest absolute Gasteiger partial charge is 0.138 e. The number of rotatable bonds is 2. The summed E-state index contributed by atoms with van der Waals surface area (Å²) in [5.74, 6) is 0. The zero-order valence-electron chi connectivity index (χ0n) is 8.13. The smallest absolute Gasteiger partial charge is 0.0389 e. The number of halogens is 1. The molecule has 74 valence electrons. The van der Waals surface area contributed by atoms with Crippen molar-refractivity contribution in [3.8, 4) is 0 Å². The number of thioether (sulfide) groups is 1. The molecule has 3 heteroatoms. The first kappa shape index (κ1) is 10.5. The summed E-state index contributed by atoms with van der Waals surface area (Å²) < 4.78 is 1.41. The quantitative estimate of drug-likeness (QED) is 0.563. The van der Waals surface area contributed by atoms with Gasteiger partial charge in [-0.15, -0.1) is 23.1 Å². The molecule has 1 aromatic heterocycles. The highest BCUT2D eigenvalue weighted by Crippen LogP contribution is 2.38. The average Bonchev–Trinajstić information content (AvgIpc) is 2.54. The number of alkyl halides is 1. The van der Waals surface area contributed by atoms with E-state index in [0.29, 0.717) is 0 Å². The molecule has 0 radical (unpaired) electrons. The van der Waals surface area contributed by atoms with E-state index in [1.165, 1.54) is 25.4 Å². The van der Waals surface area contributed by atoms with Crippen LogP contribution in [0.3, 0.4) is 0 Å². The maximum absolute atomic E-state index is 3.54. The zero-order chi connectivity index (χ0) is 10.1. The van der Waals surface area contributed by atoms with Crippen LogP contribution in [0.5, 0.6) is 0 Å². The first-order valence-electron chi connectivity index (χ1n) is 4.38. The summed E-state index contributed by atoms with van der Waals surface area (Å²) >= 11 is 7.28. The molecule has 0 aliphatic rings. The number of hydrogen-bond donors (Lipinski definition) is 0. The van der Waals surface area contributed by atoms with Gasteiger partial charge in [0.2, 0.25) is 0 Å². The standard InChI is InChI=1S/C11H11BrS2/c1-7-3-4-8-9(5-7)14-10(6-12)11(8)13-2/h3-5H,6H2,1-2H3. The van der Waals surface area contributed by atoms with E-state index in [4.69, 9.17) is 0 Å². The average molecular weight is 287 g/mol. The van der Waals surface area contributed by atoms with Crippen molar-refractivity contribution >= 4 is 49.1 Å². The molecular formula is C11H11BrS2. The maximum atomic E-state index is 3.54. The van der Waals surface area contributed by atoms with Crippen molar-refractivity contribution in [2.75, 3.05) is 6.26 Å². The molecule has 0 amide bonds. The lowest BCUT2D eigenvalue weighted by Crippen LogP contribution is -1.73.